The second-order valence-electron chi connectivity index (χ2n) is 4.23. The lowest BCUT2D eigenvalue weighted by Crippen LogP contribution is -2.43. The van der Waals surface area contributed by atoms with E-state index < -0.39 is 0 Å². The number of hydrogen-bond donors (Lipinski definition) is 1. The van der Waals surface area contributed by atoms with Gasteiger partial charge >= 0.3 is 0 Å². The maximum atomic E-state index is 5.20. The number of rotatable bonds is 8. The SMILES string of the molecule is CCN(C)C(CNCC(C)C)COC. The normalized spacial score (nSPS) is 13.9. The molecule has 1 atom stereocenters. The summed E-state index contributed by atoms with van der Waals surface area (Å²) < 4.78 is 5.20. The van der Waals surface area contributed by atoms with Crippen molar-refractivity contribution in [1.82, 2.24) is 10.2 Å². The zero-order chi connectivity index (χ0) is 11.0. The molecule has 14 heavy (non-hydrogen) atoms. The molecule has 0 heterocycles. The molecule has 0 radical (unpaired) electrons. The predicted molar refractivity (Wildman–Crippen MR) is 61.7 cm³/mol. The molecule has 0 aromatic heterocycles. The van der Waals surface area contributed by atoms with Crippen LogP contribution in [0.3, 0.4) is 0 Å². The zero-order valence-electron chi connectivity index (χ0n) is 10.3. The standard InChI is InChI=1S/C11H26N2O/c1-6-13(4)11(9-14-5)8-12-7-10(2)3/h10-12H,6-9H2,1-5H3. The van der Waals surface area contributed by atoms with E-state index in [1.807, 2.05) is 0 Å². The Kier molecular flexibility index (Phi) is 8.14. The molecule has 3 heteroatoms. The van der Waals surface area contributed by atoms with Crippen LogP contribution in [0.1, 0.15) is 20.8 Å². The quantitative estimate of drug-likeness (QED) is 0.640. The summed E-state index contributed by atoms with van der Waals surface area (Å²) in [6, 6.07) is 0.490. The minimum Gasteiger partial charge on any atom is -0.383 e. The summed E-state index contributed by atoms with van der Waals surface area (Å²) in [6.07, 6.45) is 0. The number of nitrogens with one attached hydrogen (secondary N) is 1. The summed E-state index contributed by atoms with van der Waals surface area (Å²) >= 11 is 0. The molecule has 0 bridgehead atoms. The molecule has 0 fully saturated rings. The van der Waals surface area contributed by atoms with E-state index in [9.17, 15) is 0 Å². The van der Waals surface area contributed by atoms with E-state index in [0.29, 0.717) is 12.0 Å². The van der Waals surface area contributed by atoms with E-state index in [2.05, 4.69) is 38.0 Å². The molecule has 1 N–H and O–H groups in total. The van der Waals surface area contributed by atoms with E-state index in [1.165, 1.54) is 0 Å². The van der Waals surface area contributed by atoms with Crippen molar-refractivity contribution in [1.29, 1.82) is 0 Å². The van der Waals surface area contributed by atoms with E-state index in [1.54, 1.807) is 7.11 Å². The summed E-state index contributed by atoms with van der Waals surface area (Å²) in [5.74, 6) is 0.713. The highest BCUT2D eigenvalue weighted by molar-refractivity contribution is 4.70. The molecule has 86 valence electrons. The molecule has 0 aromatic carbocycles. The highest BCUT2D eigenvalue weighted by Gasteiger charge is 2.12. The van der Waals surface area contributed by atoms with Crippen molar-refractivity contribution in [2.45, 2.75) is 26.8 Å². The summed E-state index contributed by atoms with van der Waals surface area (Å²) in [4.78, 5) is 2.32. The first-order valence-corrected chi connectivity index (χ1v) is 5.51. The average molecular weight is 202 g/mol. The van der Waals surface area contributed by atoms with Gasteiger partial charge in [0, 0.05) is 19.7 Å². The van der Waals surface area contributed by atoms with Crippen molar-refractivity contribution >= 4 is 0 Å². The van der Waals surface area contributed by atoms with E-state index in [-0.39, 0.29) is 0 Å². The van der Waals surface area contributed by atoms with Gasteiger partial charge in [0.15, 0.2) is 0 Å². The summed E-state index contributed by atoms with van der Waals surface area (Å²) in [5.41, 5.74) is 0. The Bertz CT molecular complexity index is 128. The van der Waals surface area contributed by atoms with Crippen molar-refractivity contribution in [2.24, 2.45) is 5.92 Å². The molecule has 0 aliphatic carbocycles. The Morgan fingerprint density at radius 1 is 1.29 bits per heavy atom. The lowest BCUT2D eigenvalue weighted by atomic mass is 10.2. The summed E-state index contributed by atoms with van der Waals surface area (Å²) in [6.45, 7) is 10.6. The van der Waals surface area contributed by atoms with Gasteiger partial charge in [-0.2, -0.15) is 0 Å². The minimum absolute atomic E-state index is 0.490. The molecule has 0 aliphatic rings. The zero-order valence-corrected chi connectivity index (χ0v) is 10.3. The number of hydrogen-bond acceptors (Lipinski definition) is 3. The van der Waals surface area contributed by atoms with Gasteiger partial charge < -0.3 is 15.0 Å². The highest BCUT2D eigenvalue weighted by atomic mass is 16.5. The summed E-state index contributed by atoms with van der Waals surface area (Å²) in [7, 11) is 3.90. The van der Waals surface area contributed by atoms with Gasteiger partial charge in [-0.15, -0.1) is 0 Å². The molecule has 1 unspecified atom stereocenters. The van der Waals surface area contributed by atoms with Crippen LogP contribution in [0.15, 0.2) is 0 Å². The summed E-state index contributed by atoms with van der Waals surface area (Å²) in [5, 5.41) is 3.46. The van der Waals surface area contributed by atoms with Gasteiger partial charge in [0.25, 0.3) is 0 Å². The smallest absolute Gasteiger partial charge is 0.0630 e. The van der Waals surface area contributed by atoms with E-state index in [0.717, 1.165) is 26.2 Å². The Morgan fingerprint density at radius 3 is 2.36 bits per heavy atom. The molecule has 3 nitrogen and oxygen atoms in total. The monoisotopic (exact) mass is 202 g/mol. The molecule has 0 amide bonds. The maximum Gasteiger partial charge on any atom is 0.0630 e. The first-order chi connectivity index (χ1) is 6.61. The van der Waals surface area contributed by atoms with Gasteiger partial charge in [-0.1, -0.05) is 20.8 Å². The lowest BCUT2D eigenvalue weighted by molar-refractivity contribution is 0.108. The van der Waals surface area contributed by atoms with Gasteiger partial charge in [-0.25, -0.2) is 0 Å². The first kappa shape index (κ1) is 13.9. The van der Waals surface area contributed by atoms with Crippen LogP contribution in [0, 0.1) is 5.92 Å². The van der Waals surface area contributed by atoms with E-state index >= 15 is 0 Å². The lowest BCUT2D eigenvalue weighted by Gasteiger charge is -2.26. The van der Waals surface area contributed by atoms with Crippen LogP contribution in [0.5, 0.6) is 0 Å². The van der Waals surface area contributed by atoms with Gasteiger partial charge in [0.1, 0.15) is 0 Å². The van der Waals surface area contributed by atoms with Gasteiger partial charge in [-0.05, 0) is 26.1 Å². The van der Waals surface area contributed by atoms with Crippen LogP contribution in [-0.4, -0.2) is 51.3 Å². The van der Waals surface area contributed by atoms with Crippen LogP contribution in [0.2, 0.25) is 0 Å². The van der Waals surface area contributed by atoms with Crippen molar-refractivity contribution in [3.63, 3.8) is 0 Å². The molecule has 0 aromatic rings. The Labute approximate surface area is 88.8 Å². The topological polar surface area (TPSA) is 24.5 Å². The first-order valence-electron chi connectivity index (χ1n) is 5.51. The molecular weight excluding hydrogens is 176 g/mol. The molecule has 0 aliphatic heterocycles. The van der Waals surface area contributed by atoms with E-state index in [4.69, 9.17) is 4.74 Å². The molecule has 0 rings (SSSR count). The van der Waals surface area contributed by atoms with Gasteiger partial charge in [0.2, 0.25) is 0 Å². The number of ether oxygens (including phenoxy) is 1. The van der Waals surface area contributed by atoms with Crippen LogP contribution in [-0.2, 0) is 4.74 Å². The van der Waals surface area contributed by atoms with Crippen LogP contribution >= 0.6 is 0 Å². The van der Waals surface area contributed by atoms with Crippen molar-refractivity contribution in [3.8, 4) is 0 Å². The Morgan fingerprint density at radius 2 is 1.93 bits per heavy atom. The third kappa shape index (κ3) is 6.35. The van der Waals surface area contributed by atoms with Crippen molar-refractivity contribution < 1.29 is 4.74 Å². The van der Waals surface area contributed by atoms with Crippen LogP contribution in [0.25, 0.3) is 0 Å². The molecular formula is C11H26N2O. The minimum atomic E-state index is 0.490. The third-order valence-corrected chi connectivity index (χ3v) is 2.41. The fourth-order valence-corrected chi connectivity index (χ4v) is 1.33. The van der Waals surface area contributed by atoms with Crippen LogP contribution < -0.4 is 5.32 Å². The maximum absolute atomic E-state index is 5.20. The Balaban J connectivity index is 3.72. The number of nitrogens with zero attached hydrogens (tertiary/aromatic N) is 1. The number of likely N-dealkylation sites (N-methyl/N-ethyl adjacent to an activating group) is 1. The molecule has 0 spiro atoms. The fourth-order valence-electron chi connectivity index (χ4n) is 1.33. The van der Waals surface area contributed by atoms with Crippen molar-refractivity contribution in [2.75, 3.05) is 40.4 Å². The third-order valence-electron chi connectivity index (χ3n) is 2.41. The fraction of sp³-hybridized carbons (Fsp3) is 1.00. The predicted octanol–water partition coefficient (Wildman–Crippen LogP) is 1.20. The molecule has 0 saturated carbocycles. The Hall–Kier alpha value is -0.120. The molecule has 0 saturated heterocycles. The van der Waals surface area contributed by atoms with Crippen molar-refractivity contribution in [3.05, 3.63) is 0 Å². The number of methoxy groups -OCH3 is 1. The average Bonchev–Trinajstić information content (AvgIpc) is 2.15. The van der Waals surface area contributed by atoms with Crippen LogP contribution in [0.4, 0.5) is 0 Å². The largest absolute Gasteiger partial charge is 0.383 e. The van der Waals surface area contributed by atoms with Gasteiger partial charge in [0.05, 0.1) is 6.61 Å². The second kappa shape index (κ2) is 8.21. The van der Waals surface area contributed by atoms with Gasteiger partial charge in [-0.3, -0.25) is 0 Å². The second-order valence-corrected chi connectivity index (χ2v) is 4.23. The highest BCUT2D eigenvalue weighted by Crippen LogP contribution is 1.96.